The number of hydrogen-bond donors (Lipinski definition) is 1. The number of benzene rings is 4. The average Bonchev–Trinajstić information content (AvgIpc) is 2.93. The van der Waals surface area contributed by atoms with E-state index in [9.17, 15) is 9.59 Å². The molecule has 188 valence electrons. The molecule has 0 aliphatic rings. The predicted molar refractivity (Wildman–Crippen MR) is 151 cm³/mol. The zero-order valence-corrected chi connectivity index (χ0v) is 21.7. The Labute approximate surface area is 226 Å². The van der Waals surface area contributed by atoms with Gasteiger partial charge < -0.3 is 10.1 Å². The normalized spacial score (nSPS) is 11.7. The van der Waals surface area contributed by atoms with Crippen molar-refractivity contribution in [2.24, 2.45) is 0 Å². The van der Waals surface area contributed by atoms with E-state index < -0.39 is 18.0 Å². The molecule has 5 aromatic rings. The fraction of sp³-hybridized carbons (Fsp3) is 0.0938. The smallest absolute Gasteiger partial charge is 0.340 e. The van der Waals surface area contributed by atoms with Crippen molar-refractivity contribution in [1.82, 2.24) is 4.98 Å². The van der Waals surface area contributed by atoms with E-state index in [0.29, 0.717) is 44.0 Å². The van der Waals surface area contributed by atoms with Crippen LogP contribution in [-0.2, 0) is 9.53 Å². The van der Waals surface area contributed by atoms with Gasteiger partial charge in [-0.3, -0.25) is 4.79 Å². The summed E-state index contributed by atoms with van der Waals surface area (Å²) < 4.78 is 5.94. The quantitative estimate of drug-likeness (QED) is 0.233. The summed E-state index contributed by atoms with van der Waals surface area (Å²) in [5, 5.41) is 4.08. The molecule has 1 atom stereocenters. The molecular formula is C32H25ClN2O3. The fourth-order valence-corrected chi connectivity index (χ4v) is 4.52. The van der Waals surface area contributed by atoms with Gasteiger partial charge in [0.25, 0.3) is 5.91 Å². The Hall–Kier alpha value is -4.48. The van der Waals surface area contributed by atoms with E-state index in [0.717, 1.165) is 11.1 Å². The second-order valence-electron chi connectivity index (χ2n) is 9.06. The summed E-state index contributed by atoms with van der Waals surface area (Å²) >= 11 is 6.44. The molecule has 0 spiro atoms. The number of halogens is 1. The van der Waals surface area contributed by atoms with E-state index in [-0.39, 0.29) is 0 Å². The van der Waals surface area contributed by atoms with Crippen LogP contribution in [0.25, 0.3) is 22.2 Å². The van der Waals surface area contributed by atoms with Crippen molar-refractivity contribution in [3.63, 3.8) is 0 Å². The van der Waals surface area contributed by atoms with Crippen LogP contribution in [0.4, 0.5) is 5.69 Å². The van der Waals surface area contributed by atoms with Gasteiger partial charge in [-0.1, -0.05) is 90.5 Å². The SMILES string of the molecule is Cc1ccc(C)c(NC(=O)[C@H](OC(=O)c2cc(-c3ccccc3Cl)nc3ccccc23)c2ccccc2)c1. The molecule has 0 radical (unpaired) electrons. The van der Waals surface area contributed by atoms with Gasteiger partial charge in [0.05, 0.1) is 16.8 Å². The highest BCUT2D eigenvalue weighted by atomic mass is 35.5. The molecule has 0 fully saturated rings. The van der Waals surface area contributed by atoms with Gasteiger partial charge in [0.1, 0.15) is 0 Å². The number of nitrogens with zero attached hydrogens (tertiary/aromatic N) is 1. The van der Waals surface area contributed by atoms with Crippen molar-refractivity contribution in [3.8, 4) is 11.3 Å². The number of hydrogen-bond acceptors (Lipinski definition) is 4. The summed E-state index contributed by atoms with van der Waals surface area (Å²) in [6, 6.07) is 31.1. The third-order valence-corrected chi connectivity index (χ3v) is 6.63. The van der Waals surface area contributed by atoms with Crippen LogP contribution in [0.15, 0.2) is 103 Å². The summed E-state index contributed by atoms with van der Waals surface area (Å²) in [5.74, 6) is -1.08. The molecule has 5 rings (SSSR count). The van der Waals surface area contributed by atoms with E-state index in [4.69, 9.17) is 21.3 Å². The first-order chi connectivity index (χ1) is 18.4. The number of carbonyl (C=O) groups excluding carboxylic acids is 2. The number of nitrogens with one attached hydrogen (secondary N) is 1. The number of pyridine rings is 1. The topological polar surface area (TPSA) is 68.3 Å². The Balaban J connectivity index is 1.54. The number of aromatic nitrogens is 1. The lowest BCUT2D eigenvalue weighted by Crippen LogP contribution is -2.26. The minimum absolute atomic E-state index is 0.297. The molecule has 0 bridgehead atoms. The average molecular weight is 521 g/mol. The van der Waals surface area contributed by atoms with Crippen LogP contribution >= 0.6 is 11.6 Å². The molecule has 0 unspecified atom stereocenters. The summed E-state index contributed by atoms with van der Waals surface area (Å²) in [6.07, 6.45) is -1.17. The molecule has 4 aromatic carbocycles. The first-order valence-corrected chi connectivity index (χ1v) is 12.6. The van der Waals surface area contributed by atoms with Crippen LogP contribution < -0.4 is 5.32 Å². The predicted octanol–water partition coefficient (Wildman–Crippen LogP) is 7.71. The van der Waals surface area contributed by atoms with Gasteiger partial charge in [0.2, 0.25) is 6.10 Å². The fourth-order valence-electron chi connectivity index (χ4n) is 4.29. The molecule has 38 heavy (non-hydrogen) atoms. The Morgan fingerprint density at radius 1 is 0.842 bits per heavy atom. The third-order valence-electron chi connectivity index (χ3n) is 6.30. The van der Waals surface area contributed by atoms with Crippen molar-refractivity contribution >= 4 is 40.1 Å². The number of fused-ring (bicyclic) bond motifs is 1. The lowest BCUT2D eigenvalue weighted by molar-refractivity contribution is -0.125. The molecule has 1 N–H and O–H groups in total. The first kappa shape index (κ1) is 25.2. The van der Waals surface area contributed by atoms with Crippen LogP contribution in [0.2, 0.25) is 5.02 Å². The molecule has 0 saturated carbocycles. The van der Waals surface area contributed by atoms with Gasteiger partial charge >= 0.3 is 5.97 Å². The van der Waals surface area contributed by atoms with Crippen LogP contribution in [0.1, 0.15) is 33.2 Å². The number of ether oxygens (including phenoxy) is 1. The van der Waals surface area contributed by atoms with Crippen LogP contribution in [-0.4, -0.2) is 16.9 Å². The molecule has 1 heterocycles. The highest BCUT2D eigenvalue weighted by molar-refractivity contribution is 6.33. The van der Waals surface area contributed by atoms with Gasteiger partial charge in [-0.15, -0.1) is 0 Å². The van der Waals surface area contributed by atoms with E-state index >= 15 is 0 Å². The molecule has 0 saturated heterocycles. The van der Waals surface area contributed by atoms with Crippen molar-refractivity contribution < 1.29 is 14.3 Å². The van der Waals surface area contributed by atoms with Crippen molar-refractivity contribution in [1.29, 1.82) is 0 Å². The standard InChI is InChI=1S/C32H25ClN2O3/c1-20-16-17-21(2)28(18-20)35-31(36)30(22-10-4-3-5-11-22)38-32(37)25-19-29(24-13-6-8-14-26(24)33)34-27-15-9-7-12-23(25)27/h3-19,30H,1-2H3,(H,35,36)/t30-/m1/s1. The zero-order valence-electron chi connectivity index (χ0n) is 20.9. The second kappa shape index (κ2) is 10.9. The summed E-state index contributed by atoms with van der Waals surface area (Å²) in [7, 11) is 0. The van der Waals surface area contributed by atoms with Crippen LogP contribution in [0.5, 0.6) is 0 Å². The van der Waals surface area contributed by atoms with Gasteiger partial charge in [-0.25, -0.2) is 9.78 Å². The minimum Gasteiger partial charge on any atom is -0.444 e. The number of esters is 1. The highest BCUT2D eigenvalue weighted by Gasteiger charge is 2.27. The molecule has 1 aromatic heterocycles. The number of carbonyl (C=O) groups is 2. The van der Waals surface area contributed by atoms with Gasteiger partial charge in [0.15, 0.2) is 0 Å². The van der Waals surface area contributed by atoms with Crippen molar-refractivity contribution in [2.75, 3.05) is 5.32 Å². The van der Waals surface area contributed by atoms with E-state index in [1.165, 1.54) is 0 Å². The maximum absolute atomic E-state index is 13.7. The molecule has 0 aliphatic carbocycles. The van der Waals surface area contributed by atoms with E-state index in [1.807, 2.05) is 80.6 Å². The van der Waals surface area contributed by atoms with E-state index in [2.05, 4.69) is 5.32 Å². The lowest BCUT2D eigenvalue weighted by atomic mass is 10.0. The third kappa shape index (κ3) is 5.29. The zero-order chi connectivity index (χ0) is 26.6. The Morgan fingerprint density at radius 2 is 1.55 bits per heavy atom. The van der Waals surface area contributed by atoms with E-state index in [1.54, 1.807) is 36.4 Å². The number of amides is 1. The Bertz CT molecular complexity index is 1650. The highest BCUT2D eigenvalue weighted by Crippen LogP contribution is 2.31. The number of para-hydroxylation sites is 1. The Morgan fingerprint density at radius 3 is 2.34 bits per heavy atom. The van der Waals surface area contributed by atoms with Crippen LogP contribution in [0, 0.1) is 13.8 Å². The summed E-state index contributed by atoms with van der Waals surface area (Å²) in [4.78, 5) is 32.0. The van der Waals surface area contributed by atoms with Gasteiger partial charge in [-0.2, -0.15) is 0 Å². The van der Waals surface area contributed by atoms with Crippen LogP contribution in [0.3, 0.4) is 0 Å². The van der Waals surface area contributed by atoms with Gasteiger partial charge in [-0.05, 0) is 49.2 Å². The maximum atomic E-state index is 13.7. The number of anilines is 1. The van der Waals surface area contributed by atoms with Gasteiger partial charge in [0, 0.05) is 27.2 Å². The number of aryl methyl sites for hydroxylation is 2. The van der Waals surface area contributed by atoms with Crippen molar-refractivity contribution in [2.45, 2.75) is 20.0 Å². The number of rotatable bonds is 6. The second-order valence-corrected chi connectivity index (χ2v) is 9.46. The monoisotopic (exact) mass is 520 g/mol. The molecule has 6 heteroatoms. The lowest BCUT2D eigenvalue weighted by Gasteiger charge is -2.20. The van der Waals surface area contributed by atoms with Crippen molar-refractivity contribution in [3.05, 3.63) is 130 Å². The Kier molecular flexibility index (Phi) is 7.20. The molecule has 5 nitrogen and oxygen atoms in total. The first-order valence-electron chi connectivity index (χ1n) is 12.2. The molecule has 1 amide bonds. The molecular weight excluding hydrogens is 496 g/mol. The summed E-state index contributed by atoms with van der Waals surface area (Å²) in [5.41, 5.74) is 5.30. The minimum atomic E-state index is -1.17. The molecule has 0 aliphatic heterocycles. The largest absolute Gasteiger partial charge is 0.444 e. The maximum Gasteiger partial charge on any atom is 0.340 e. The summed E-state index contributed by atoms with van der Waals surface area (Å²) in [6.45, 7) is 3.87.